The Bertz CT molecular complexity index is 139. The van der Waals surface area contributed by atoms with Crippen molar-refractivity contribution in [2.24, 2.45) is 17.8 Å². The molecule has 0 bridgehead atoms. The van der Waals surface area contributed by atoms with Gasteiger partial charge in [-0.05, 0) is 24.2 Å². The molecule has 0 heterocycles. The molecule has 1 aliphatic rings. The lowest BCUT2D eigenvalue weighted by Gasteiger charge is -2.32. The second-order valence-electron chi connectivity index (χ2n) is 5.21. The van der Waals surface area contributed by atoms with E-state index < -0.39 is 0 Å². The monoisotopic (exact) mass is 196 g/mol. The van der Waals surface area contributed by atoms with Gasteiger partial charge in [0, 0.05) is 0 Å². The van der Waals surface area contributed by atoms with Crippen LogP contribution in [0, 0.1) is 17.8 Å². The maximum absolute atomic E-state index is 2.47. The van der Waals surface area contributed by atoms with E-state index >= 15 is 0 Å². The number of hydrogen-bond acceptors (Lipinski definition) is 0. The van der Waals surface area contributed by atoms with Gasteiger partial charge in [-0.2, -0.15) is 0 Å². The summed E-state index contributed by atoms with van der Waals surface area (Å²) >= 11 is 0. The molecule has 0 aromatic rings. The Morgan fingerprint density at radius 1 is 1.00 bits per heavy atom. The van der Waals surface area contributed by atoms with Crippen molar-refractivity contribution < 1.29 is 0 Å². The summed E-state index contributed by atoms with van der Waals surface area (Å²) in [5.41, 5.74) is 0. The predicted octanol–water partition coefficient (Wildman–Crippen LogP) is 5.03. The van der Waals surface area contributed by atoms with Gasteiger partial charge in [0.2, 0.25) is 0 Å². The van der Waals surface area contributed by atoms with Crippen LogP contribution in [0.25, 0.3) is 0 Å². The molecule has 14 heavy (non-hydrogen) atoms. The summed E-state index contributed by atoms with van der Waals surface area (Å²) in [5, 5.41) is 0. The third-order valence-electron chi connectivity index (χ3n) is 4.37. The Balaban J connectivity index is 2.53. The van der Waals surface area contributed by atoms with Crippen LogP contribution in [-0.2, 0) is 0 Å². The van der Waals surface area contributed by atoms with Gasteiger partial charge in [0.15, 0.2) is 0 Å². The lowest BCUT2D eigenvalue weighted by atomic mass is 9.73. The molecule has 1 rings (SSSR count). The highest BCUT2D eigenvalue weighted by molar-refractivity contribution is 4.75. The Morgan fingerprint density at radius 2 is 1.64 bits per heavy atom. The molecule has 1 fully saturated rings. The van der Waals surface area contributed by atoms with Crippen LogP contribution in [0.4, 0.5) is 0 Å². The van der Waals surface area contributed by atoms with Crippen LogP contribution < -0.4 is 0 Å². The van der Waals surface area contributed by atoms with Gasteiger partial charge in [-0.1, -0.05) is 65.7 Å². The SMILES string of the molecule is CCC(C)C1CCCCCCC1CC. The highest BCUT2D eigenvalue weighted by Crippen LogP contribution is 2.36. The van der Waals surface area contributed by atoms with Gasteiger partial charge in [-0.15, -0.1) is 0 Å². The fraction of sp³-hybridized carbons (Fsp3) is 1.00. The van der Waals surface area contributed by atoms with Crippen LogP contribution in [0.3, 0.4) is 0 Å². The summed E-state index contributed by atoms with van der Waals surface area (Å²) in [6, 6.07) is 0. The minimum absolute atomic E-state index is 0.957. The molecular weight excluding hydrogens is 168 g/mol. The second kappa shape index (κ2) is 6.48. The van der Waals surface area contributed by atoms with E-state index in [0.717, 1.165) is 17.8 Å². The zero-order valence-electron chi connectivity index (χ0n) is 10.4. The highest BCUT2D eigenvalue weighted by Gasteiger charge is 2.24. The molecule has 0 heteroatoms. The van der Waals surface area contributed by atoms with E-state index in [9.17, 15) is 0 Å². The van der Waals surface area contributed by atoms with E-state index in [0.29, 0.717) is 0 Å². The summed E-state index contributed by atoms with van der Waals surface area (Å²) in [6.07, 6.45) is 11.8. The van der Waals surface area contributed by atoms with E-state index in [1.54, 1.807) is 0 Å². The molecule has 84 valence electrons. The minimum atomic E-state index is 0.957. The molecule has 1 saturated carbocycles. The van der Waals surface area contributed by atoms with Gasteiger partial charge >= 0.3 is 0 Å². The van der Waals surface area contributed by atoms with Crippen LogP contribution in [0.1, 0.15) is 72.1 Å². The normalized spacial score (nSPS) is 31.9. The number of rotatable bonds is 3. The first kappa shape index (κ1) is 12.1. The Labute approximate surface area is 90.5 Å². The van der Waals surface area contributed by atoms with Crippen LogP contribution in [0.15, 0.2) is 0 Å². The van der Waals surface area contributed by atoms with E-state index in [2.05, 4.69) is 20.8 Å². The molecule has 0 N–H and O–H groups in total. The zero-order valence-corrected chi connectivity index (χ0v) is 10.4. The first-order valence-electron chi connectivity index (χ1n) is 6.79. The van der Waals surface area contributed by atoms with E-state index in [-0.39, 0.29) is 0 Å². The van der Waals surface area contributed by atoms with Gasteiger partial charge in [0.25, 0.3) is 0 Å². The lowest BCUT2D eigenvalue weighted by Crippen LogP contribution is -2.22. The largest absolute Gasteiger partial charge is 0.0651 e. The van der Waals surface area contributed by atoms with Crippen molar-refractivity contribution in [3.63, 3.8) is 0 Å². The van der Waals surface area contributed by atoms with Gasteiger partial charge in [0.1, 0.15) is 0 Å². The quantitative estimate of drug-likeness (QED) is 0.594. The average Bonchev–Trinajstić information content (AvgIpc) is 2.17. The molecular formula is C14H28. The molecule has 0 aromatic carbocycles. The molecule has 0 radical (unpaired) electrons. The lowest BCUT2D eigenvalue weighted by molar-refractivity contribution is 0.182. The summed E-state index contributed by atoms with van der Waals surface area (Å²) in [5.74, 6) is 3.02. The second-order valence-corrected chi connectivity index (χ2v) is 5.21. The average molecular weight is 196 g/mol. The molecule has 0 saturated heterocycles. The van der Waals surface area contributed by atoms with Crippen LogP contribution in [0.2, 0.25) is 0 Å². The van der Waals surface area contributed by atoms with Crippen molar-refractivity contribution in [2.45, 2.75) is 72.1 Å². The first-order chi connectivity index (χ1) is 6.79. The molecule has 0 nitrogen and oxygen atoms in total. The van der Waals surface area contributed by atoms with Crippen molar-refractivity contribution in [3.8, 4) is 0 Å². The fourth-order valence-corrected chi connectivity index (χ4v) is 3.15. The Kier molecular flexibility index (Phi) is 5.59. The smallest absolute Gasteiger partial charge is 0.0360 e. The third-order valence-corrected chi connectivity index (χ3v) is 4.37. The zero-order chi connectivity index (χ0) is 10.4. The van der Waals surface area contributed by atoms with E-state index in [1.165, 1.54) is 51.4 Å². The Morgan fingerprint density at radius 3 is 2.21 bits per heavy atom. The summed E-state index contributed by atoms with van der Waals surface area (Å²) in [7, 11) is 0. The van der Waals surface area contributed by atoms with Crippen LogP contribution >= 0.6 is 0 Å². The van der Waals surface area contributed by atoms with E-state index in [1.807, 2.05) is 0 Å². The maximum atomic E-state index is 2.47. The topological polar surface area (TPSA) is 0 Å². The van der Waals surface area contributed by atoms with Crippen molar-refractivity contribution in [3.05, 3.63) is 0 Å². The van der Waals surface area contributed by atoms with E-state index in [4.69, 9.17) is 0 Å². The van der Waals surface area contributed by atoms with Crippen molar-refractivity contribution in [2.75, 3.05) is 0 Å². The Hall–Kier alpha value is 0. The minimum Gasteiger partial charge on any atom is -0.0651 e. The molecule has 3 atom stereocenters. The van der Waals surface area contributed by atoms with Crippen molar-refractivity contribution >= 4 is 0 Å². The van der Waals surface area contributed by atoms with Crippen LogP contribution in [0.5, 0.6) is 0 Å². The van der Waals surface area contributed by atoms with Gasteiger partial charge in [-0.25, -0.2) is 0 Å². The number of hydrogen-bond donors (Lipinski definition) is 0. The van der Waals surface area contributed by atoms with Crippen molar-refractivity contribution in [1.82, 2.24) is 0 Å². The van der Waals surface area contributed by atoms with Gasteiger partial charge in [-0.3, -0.25) is 0 Å². The molecule has 0 aromatic heterocycles. The molecule has 0 spiro atoms. The van der Waals surface area contributed by atoms with Crippen molar-refractivity contribution in [1.29, 1.82) is 0 Å². The predicted molar refractivity (Wildman–Crippen MR) is 64.4 cm³/mol. The van der Waals surface area contributed by atoms with Gasteiger partial charge < -0.3 is 0 Å². The first-order valence-corrected chi connectivity index (χ1v) is 6.79. The summed E-state index contributed by atoms with van der Waals surface area (Å²) in [4.78, 5) is 0. The summed E-state index contributed by atoms with van der Waals surface area (Å²) in [6.45, 7) is 7.22. The standard InChI is InChI=1S/C14H28/c1-4-12(3)14-11-9-7-6-8-10-13(14)5-2/h12-14H,4-11H2,1-3H3. The molecule has 1 aliphatic carbocycles. The molecule has 0 aliphatic heterocycles. The molecule has 3 unspecified atom stereocenters. The highest BCUT2D eigenvalue weighted by atomic mass is 14.3. The summed E-state index contributed by atoms with van der Waals surface area (Å²) < 4.78 is 0. The maximum Gasteiger partial charge on any atom is -0.0360 e. The fourth-order valence-electron chi connectivity index (χ4n) is 3.15. The third kappa shape index (κ3) is 3.29. The van der Waals surface area contributed by atoms with Crippen LogP contribution in [-0.4, -0.2) is 0 Å². The van der Waals surface area contributed by atoms with Gasteiger partial charge in [0.05, 0.1) is 0 Å². The molecule has 0 amide bonds.